The average molecular weight is 302 g/mol. The Morgan fingerprint density at radius 2 is 2.32 bits per heavy atom. The molecule has 1 atom stereocenters. The van der Waals surface area contributed by atoms with Crippen LogP contribution in [0.3, 0.4) is 0 Å². The number of carbonyl (C=O) groups excluding carboxylic acids is 1. The maximum atomic E-state index is 12.8. The van der Waals surface area contributed by atoms with Crippen LogP contribution in [-0.2, 0) is 6.42 Å². The van der Waals surface area contributed by atoms with Gasteiger partial charge in [-0.1, -0.05) is 6.92 Å². The van der Waals surface area contributed by atoms with Gasteiger partial charge in [0.15, 0.2) is 5.76 Å². The molecule has 1 saturated heterocycles. The Balaban J connectivity index is 1.79. The number of amides is 1. The van der Waals surface area contributed by atoms with Crippen LogP contribution < -0.4 is 0 Å². The van der Waals surface area contributed by atoms with Crippen LogP contribution in [0.2, 0.25) is 0 Å². The van der Waals surface area contributed by atoms with E-state index in [-0.39, 0.29) is 11.9 Å². The van der Waals surface area contributed by atoms with Crippen LogP contribution in [0.25, 0.3) is 0 Å². The highest BCUT2D eigenvalue weighted by Crippen LogP contribution is 2.24. The van der Waals surface area contributed by atoms with Crippen LogP contribution in [-0.4, -0.2) is 52.4 Å². The predicted octanol–water partition coefficient (Wildman–Crippen LogP) is 2.00. The summed E-state index contributed by atoms with van der Waals surface area (Å²) in [5.74, 6) is 2.20. The van der Waals surface area contributed by atoms with Gasteiger partial charge in [0.05, 0.1) is 6.04 Å². The van der Waals surface area contributed by atoms with E-state index in [0.29, 0.717) is 18.8 Å². The van der Waals surface area contributed by atoms with Crippen molar-refractivity contribution in [3.05, 3.63) is 41.4 Å². The Labute approximate surface area is 130 Å². The van der Waals surface area contributed by atoms with Crippen molar-refractivity contribution in [2.45, 2.75) is 26.3 Å². The number of aromatic nitrogens is 2. The van der Waals surface area contributed by atoms with E-state index in [2.05, 4.69) is 21.9 Å². The number of aryl methyl sites for hydroxylation is 2. The summed E-state index contributed by atoms with van der Waals surface area (Å²) in [4.78, 5) is 24.3. The summed E-state index contributed by atoms with van der Waals surface area (Å²) >= 11 is 0. The smallest absolute Gasteiger partial charge is 0.289 e. The van der Waals surface area contributed by atoms with Crippen LogP contribution in [0.4, 0.5) is 0 Å². The number of rotatable bonds is 3. The molecule has 6 heteroatoms. The zero-order chi connectivity index (χ0) is 15.7. The van der Waals surface area contributed by atoms with Crippen molar-refractivity contribution in [1.82, 2.24) is 19.8 Å². The molecule has 118 valence electrons. The Bertz CT molecular complexity index is 647. The minimum absolute atomic E-state index is 0.0261. The van der Waals surface area contributed by atoms with Crippen LogP contribution in [0, 0.1) is 6.92 Å². The number of nitrogens with zero attached hydrogens (tertiary/aromatic N) is 3. The van der Waals surface area contributed by atoms with E-state index in [0.717, 1.165) is 30.1 Å². The summed E-state index contributed by atoms with van der Waals surface area (Å²) in [7, 11) is 2.06. The summed E-state index contributed by atoms with van der Waals surface area (Å²) < 4.78 is 5.70. The van der Waals surface area contributed by atoms with E-state index in [9.17, 15) is 4.79 Å². The lowest BCUT2D eigenvalue weighted by Crippen LogP contribution is -2.49. The normalized spacial score (nSPS) is 19.6. The van der Waals surface area contributed by atoms with Crippen molar-refractivity contribution < 1.29 is 9.21 Å². The molecule has 1 amide bonds. The standard InChI is InChI=1S/C16H22N4O2/c1-4-12-9-11(2)14(22-12)16(21)20-8-7-19(3)13(10-20)15-17-5-6-18-15/h5-6,9,13H,4,7-8,10H2,1-3H3,(H,17,18)/t13-/m1/s1. The summed E-state index contributed by atoms with van der Waals surface area (Å²) in [5.41, 5.74) is 0.912. The van der Waals surface area contributed by atoms with Crippen LogP contribution in [0.15, 0.2) is 22.9 Å². The van der Waals surface area contributed by atoms with Crippen molar-refractivity contribution >= 4 is 5.91 Å². The zero-order valence-corrected chi connectivity index (χ0v) is 13.3. The zero-order valence-electron chi connectivity index (χ0n) is 13.3. The second-order valence-corrected chi connectivity index (χ2v) is 5.80. The fourth-order valence-electron chi connectivity index (χ4n) is 2.89. The lowest BCUT2D eigenvalue weighted by Gasteiger charge is -2.38. The molecule has 2 aromatic heterocycles. The highest BCUT2D eigenvalue weighted by atomic mass is 16.4. The number of imidazole rings is 1. The number of piperazine rings is 1. The van der Waals surface area contributed by atoms with Gasteiger partial charge in [0.1, 0.15) is 11.6 Å². The SMILES string of the molecule is CCc1cc(C)c(C(=O)N2CCN(C)[C@@H](c3ncc[nH]3)C2)o1. The van der Waals surface area contributed by atoms with Crippen LogP contribution in [0.1, 0.15) is 40.7 Å². The number of aromatic amines is 1. The molecule has 1 aliphatic rings. The molecule has 0 saturated carbocycles. The molecule has 0 unspecified atom stereocenters. The number of hydrogen-bond acceptors (Lipinski definition) is 4. The van der Waals surface area contributed by atoms with Gasteiger partial charge < -0.3 is 14.3 Å². The van der Waals surface area contributed by atoms with Crippen molar-refractivity contribution in [1.29, 1.82) is 0 Å². The van der Waals surface area contributed by atoms with Gasteiger partial charge in [0.2, 0.25) is 0 Å². The minimum Gasteiger partial charge on any atom is -0.456 e. The molecule has 6 nitrogen and oxygen atoms in total. The molecule has 0 aliphatic carbocycles. The molecule has 0 spiro atoms. The van der Waals surface area contributed by atoms with Gasteiger partial charge in [0.25, 0.3) is 5.91 Å². The number of H-pyrrole nitrogens is 1. The Kier molecular flexibility index (Phi) is 4.02. The van der Waals surface area contributed by atoms with E-state index in [1.54, 1.807) is 6.20 Å². The molecule has 1 aliphatic heterocycles. The average Bonchev–Trinajstić information content (AvgIpc) is 3.16. The first-order chi connectivity index (χ1) is 10.6. The third-order valence-electron chi connectivity index (χ3n) is 4.28. The van der Waals surface area contributed by atoms with Crippen molar-refractivity contribution in [3.8, 4) is 0 Å². The lowest BCUT2D eigenvalue weighted by molar-refractivity contribution is 0.0503. The second-order valence-electron chi connectivity index (χ2n) is 5.80. The maximum Gasteiger partial charge on any atom is 0.289 e. The van der Waals surface area contributed by atoms with Gasteiger partial charge in [-0.3, -0.25) is 9.69 Å². The quantitative estimate of drug-likeness (QED) is 0.942. The summed E-state index contributed by atoms with van der Waals surface area (Å²) in [5, 5.41) is 0. The first kappa shape index (κ1) is 14.8. The maximum absolute atomic E-state index is 12.8. The highest BCUT2D eigenvalue weighted by molar-refractivity contribution is 5.93. The molecule has 3 rings (SSSR count). The van der Waals surface area contributed by atoms with Gasteiger partial charge >= 0.3 is 0 Å². The van der Waals surface area contributed by atoms with E-state index in [4.69, 9.17) is 4.42 Å². The predicted molar refractivity (Wildman–Crippen MR) is 82.7 cm³/mol. The fourth-order valence-corrected chi connectivity index (χ4v) is 2.89. The van der Waals surface area contributed by atoms with Crippen LogP contribution in [0.5, 0.6) is 0 Å². The molecule has 1 N–H and O–H groups in total. The van der Waals surface area contributed by atoms with Crippen molar-refractivity contribution in [3.63, 3.8) is 0 Å². The summed E-state index contributed by atoms with van der Waals surface area (Å²) in [6.07, 6.45) is 4.36. The van der Waals surface area contributed by atoms with Gasteiger partial charge in [-0.15, -0.1) is 0 Å². The van der Waals surface area contributed by atoms with Gasteiger partial charge in [-0.05, 0) is 20.0 Å². The molecule has 0 radical (unpaired) electrons. The highest BCUT2D eigenvalue weighted by Gasteiger charge is 2.32. The number of carbonyl (C=O) groups is 1. The molecule has 2 aromatic rings. The topological polar surface area (TPSA) is 65.4 Å². The Morgan fingerprint density at radius 3 is 2.95 bits per heavy atom. The largest absolute Gasteiger partial charge is 0.456 e. The molecule has 3 heterocycles. The minimum atomic E-state index is -0.0261. The van der Waals surface area contributed by atoms with E-state index in [1.165, 1.54) is 0 Å². The van der Waals surface area contributed by atoms with Crippen LogP contribution >= 0.6 is 0 Å². The monoisotopic (exact) mass is 302 g/mol. The third-order valence-corrected chi connectivity index (χ3v) is 4.28. The number of nitrogens with one attached hydrogen (secondary N) is 1. The summed E-state index contributed by atoms with van der Waals surface area (Å²) in [6, 6.07) is 2.04. The van der Waals surface area contributed by atoms with E-state index >= 15 is 0 Å². The second kappa shape index (κ2) is 5.96. The van der Waals surface area contributed by atoms with Gasteiger partial charge in [0, 0.05) is 44.0 Å². The molecule has 1 fully saturated rings. The van der Waals surface area contributed by atoms with Gasteiger partial charge in [-0.2, -0.15) is 0 Å². The van der Waals surface area contributed by atoms with Crippen molar-refractivity contribution in [2.24, 2.45) is 0 Å². The van der Waals surface area contributed by atoms with E-state index in [1.807, 2.05) is 31.0 Å². The van der Waals surface area contributed by atoms with Gasteiger partial charge in [-0.25, -0.2) is 4.98 Å². The lowest BCUT2D eigenvalue weighted by atomic mass is 10.1. The molecular weight excluding hydrogens is 280 g/mol. The first-order valence-electron chi connectivity index (χ1n) is 7.68. The first-order valence-corrected chi connectivity index (χ1v) is 7.68. The summed E-state index contributed by atoms with van der Waals surface area (Å²) in [6.45, 7) is 6.08. The fraction of sp³-hybridized carbons (Fsp3) is 0.500. The molecule has 22 heavy (non-hydrogen) atoms. The number of furan rings is 1. The number of hydrogen-bond donors (Lipinski definition) is 1. The third kappa shape index (κ3) is 2.66. The Hall–Kier alpha value is -2.08. The van der Waals surface area contributed by atoms with E-state index < -0.39 is 0 Å². The number of likely N-dealkylation sites (N-methyl/N-ethyl adjacent to an activating group) is 1. The molecule has 0 bridgehead atoms. The molecule has 0 aromatic carbocycles. The van der Waals surface area contributed by atoms with Crippen molar-refractivity contribution in [2.75, 3.05) is 26.7 Å². The Morgan fingerprint density at radius 1 is 1.50 bits per heavy atom. The molecular formula is C16H22N4O2.